The lowest BCUT2D eigenvalue weighted by Crippen LogP contribution is -2.23. The highest BCUT2D eigenvalue weighted by Crippen LogP contribution is 2.01. The molecule has 0 saturated heterocycles. The third-order valence-corrected chi connectivity index (χ3v) is 1.88. The molecule has 0 radical (unpaired) electrons. The van der Waals surface area contributed by atoms with Crippen molar-refractivity contribution < 1.29 is 4.79 Å². The van der Waals surface area contributed by atoms with Crippen LogP contribution in [-0.2, 0) is 4.79 Å². The first-order valence-electron chi connectivity index (χ1n) is 4.62. The molecule has 0 heterocycles. The fourth-order valence-corrected chi connectivity index (χ4v) is 1.09. The van der Waals surface area contributed by atoms with Crippen LogP contribution in [0, 0.1) is 0 Å². The molecule has 2 nitrogen and oxygen atoms in total. The molecule has 12 heavy (non-hydrogen) atoms. The van der Waals surface area contributed by atoms with Crippen molar-refractivity contribution in [2.75, 3.05) is 6.54 Å². The monoisotopic (exact) mass is 169 g/mol. The molecule has 2 heteroatoms. The molecular formula is C10H19NO. The summed E-state index contributed by atoms with van der Waals surface area (Å²) in [6, 6.07) is 0. The van der Waals surface area contributed by atoms with Crippen LogP contribution in [-0.4, -0.2) is 17.4 Å². The molecule has 0 bridgehead atoms. The van der Waals surface area contributed by atoms with Gasteiger partial charge in [0.05, 0.1) is 0 Å². The van der Waals surface area contributed by atoms with Crippen LogP contribution >= 0.6 is 0 Å². The summed E-state index contributed by atoms with van der Waals surface area (Å²) >= 11 is 0. The van der Waals surface area contributed by atoms with E-state index in [2.05, 4.69) is 13.5 Å². The van der Waals surface area contributed by atoms with E-state index in [9.17, 15) is 4.79 Å². The quantitative estimate of drug-likeness (QED) is 0.559. The molecule has 0 fully saturated rings. The molecule has 0 aliphatic rings. The van der Waals surface area contributed by atoms with E-state index in [1.165, 1.54) is 19.3 Å². The van der Waals surface area contributed by atoms with Crippen molar-refractivity contribution in [3.8, 4) is 0 Å². The van der Waals surface area contributed by atoms with Crippen LogP contribution in [0.5, 0.6) is 0 Å². The van der Waals surface area contributed by atoms with E-state index in [-0.39, 0.29) is 5.91 Å². The average molecular weight is 169 g/mol. The number of carbonyl (C=O) groups excluding carboxylic acids is 1. The number of amides is 1. The summed E-state index contributed by atoms with van der Waals surface area (Å²) in [7, 11) is 0. The van der Waals surface area contributed by atoms with E-state index >= 15 is 0 Å². The lowest BCUT2D eigenvalue weighted by Gasteiger charge is -2.14. The summed E-state index contributed by atoms with van der Waals surface area (Å²) in [6.07, 6.45) is 6.37. The van der Waals surface area contributed by atoms with E-state index < -0.39 is 0 Å². The molecule has 70 valence electrons. The summed E-state index contributed by atoms with van der Waals surface area (Å²) in [5.74, 6) is 0.0847. The number of hydrogen-bond donors (Lipinski definition) is 0. The Labute approximate surface area is 75.3 Å². The predicted octanol–water partition coefficient (Wildman–Crippen LogP) is 2.56. The van der Waals surface area contributed by atoms with Gasteiger partial charge in [0.2, 0.25) is 5.91 Å². The summed E-state index contributed by atoms with van der Waals surface area (Å²) < 4.78 is 0. The summed E-state index contributed by atoms with van der Waals surface area (Å²) in [5, 5.41) is 0. The minimum atomic E-state index is 0.0847. The van der Waals surface area contributed by atoms with Gasteiger partial charge in [0.15, 0.2) is 0 Å². The zero-order valence-corrected chi connectivity index (χ0v) is 8.18. The van der Waals surface area contributed by atoms with Gasteiger partial charge in [-0.15, -0.1) is 0 Å². The van der Waals surface area contributed by atoms with Crippen molar-refractivity contribution in [1.82, 2.24) is 4.90 Å². The van der Waals surface area contributed by atoms with Crippen LogP contribution in [0.25, 0.3) is 0 Å². The van der Waals surface area contributed by atoms with Crippen LogP contribution in [0.15, 0.2) is 12.8 Å². The summed E-state index contributed by atoms with van der Waals surface area (Å²) in [5.41, 5.74) is 0. The molecule has 0 saturated carbocycles. The summed E-state index contributed by atoms with van der Waals surface area (Å²) in [6.45, 7) is 8.15. The first-order chi connectivity index (χ1) is 5.72. The van der Waals surface area contributed by atoms with Crippen molar-refractivity contribution in [2.24, 2.45) is 0 Å². The first kappa shape index (κ1) is 11.2. The third kappa shape index (κ3) is 4.94. The van der Waals surface area contributed by atoms with E-state index in [4.69, 9.17) is 0 Å². The van der Waals surface area contributed by atoms with Crippen LogP contribution in [0.2, 0.25) is 0 Å². The van der Waals surface area contributed by atoms with Crippen LogP contribution in [0.3, 0.4) is 0 Å². The molecule has 0 aromatic rings. The van der Waals surface area contributed by atoms with Gasteiger partial charge in [0, 0.05) is 13.5 Å². The Bertz CT molecular complexity index is 143. The number of unbranched alkanes of at least 4 members (excludes halogenated alkanes) is 3. The molecule has 0 rings (SSSR count). The van der Waals surface area contributed by atoms with Crippen molar-refractivity contribution in [3.63, 3.8) is 0 Å². The van der Waals surface area contributed by atoms with Gasteiger partial charge in [0.1, 0.15) is 0 Å². The van der Waals surface area contributed by atoms with Gasteiger partial charge in [0.25, 0.3) is 0 Å². The van der Waals surface area contributed by atoms with Gasteiger partial charge in [-0.1, -0.05) is 32.8 Å². The smallest absolute Gasteiger partial charge is 0.223 e. The topological polar surface area (TPSA) is 20.3 Å². The van der Waals surface area contributed by atoms with Gasteiger partial charge in [-0.3, -0.25) is 4.79 Å². The minimum Gasteiger partial charge on any atom is -0.320 e. The SMILES string of the molecule is C=CN(CCCCCC)C(C)=O. The van der Waals surface area contributed by atoms with E-state index in [1.54, 1.807) is 18.0 Å². The second-order valence-corrected chi connectivity index (χ2v) is 2.96. The number of carbonyl (C=O) groups is 1. The molecule has 0 N–H and O–H groups in total. The van der Waals surface area contributed by atoms with Gasteiger partial charge in [-0.05, 0) is 12.6 Å². The van der Waals surface area contributed by atoms with Crippen LogP contribution in [0.4, 0.5) is 0 Å². The highest BCUT2D eigenvalue weighted by Gasteiger charge is 2.01. The van der Waals surface area contributed by atoms with Crippen molar-refractivity contribution in [2.45, 2.75) is 39.5 Å². The Morgan fingerprint density at radius 2 is 2.08 bits per heavy atom. The van der Waals surface area contributed by atoms with Crippen LogP contribution < -0.4 is 0 Å². The van der Waals surface area contributed by atoms with Crippen molar-refractivity contribution >= 4 is 5.91 Å². The zero-order chi connectivity index (χ0) is 9.40. The fourth-order valence-electron chi connectivity index (χ4n) is 1.09. The maximum atomic E-state index is 10.9. The molecule has 1 amide bonds. The number of rotatable bonds is 6. The highest BCUT2D eigenvalue weighted by molar-refractivity contribution is 5.74. The Balaban J connectivity index is 3.45. The lowest BCUT2D eigenvalue weighted by molar-refractivity contribution is -0.126. The first-order valence-corrected chi connectivity index (χ1v) is 4.62. The Morgan fingerprint density at radius 1 is 1.42 bits per heavy atom. The molecule has 0 spiro atoms. The maximum Gasteiger partial charge on any atom is 0.223 e. The Hall–Kier alpha value is -0.790. The molecular weight excluding hydrogens is 150 g/mol. The molecule has 0 aliphatic heterocycles. The highest BCUT2D eigenvalue weighted by atomic mass is 16.2. The molecule has 0 aliphatic carbocycles. The van der Waals surface area contributed by atoms with Gasteiger partial charge >= 0.3 is 0 Å². The standard InChI is InChI=1S/C10H19NO/c1-4-6-7-8-9-11(5-2)10(3)12/h5H,2,4,6-9H2,1,3H3. The van der Waals surface area contributed by atoms with Crippen molar-refractivity contribution in [1.29, 1.82) is 0 Å². The maximum absolute atomic E-state index is 10.9. The normalized spacial score (nSPS) is 9.50. The summed E-state index contributed by atoms with van der Waals surface area (Å²) in [4.78, 5) is 12.6. The molecule has 0 atom stereocenters. The minimum absolute atomic E-state index is 0.0847. The van der Waals surface area contributed by atoms with Gasteiger partial charge in [-0.2, -0.15) is 0 Å². The van der Waals surface area contributed by atoms with E-state index in [0.717, 1.165) is 13.0 Å². The average Bonchev–Trinajstić information content (AvgIpc) is 2.04. The number of hydrogen-bond acceptors (Lipinski definition) is 1. The van der Waals surface area contributed by atoms with E-state index in [0.29, 0.717) is 0 Å². The van der Waals surface area contributed by atoms with Gasteiger partial charge < -0.3 is 4.90 Å². The second-order valence-electron chi connectivity index (χ2n) is 2.96. The third-order valence-electron chi connectivity index (χ3n) is 1.88. The molecule has 0 aromatic heterocycles. The van der Waals surface area contributed by atoms with Crippen molar-refractivity contribution in [3.05, 3.63) is 12.8 Å². The fraction of sp³-hybridized carbons (Fsp3) is 0.700. The van der Waals surface area contributed by atoms with Gasteiger partial charge in [-0.25, -0.2) is 0 Å². The Morgan fingerprint density at radius 3 is 2.50 bits per heavy atom. The Kier molecular flexibility index (Phi) is 6.44. The second kappa shape index (κ2) is 6.89. The van der Waals surface area contributed by atoms with E-state index in [1.807, 2.05) is 0 Å². The molecule has 0 aromatic carbocycles. The zero-order valence-electron chi connectivity index (χ0n) is 8.18. The lowest BCUT2D eigenvalue weighted by atomic mass is 10.2. The molecule has 0 unspecified atom stereocenters. The largest absolute Gasteiger partial charge is 0.320 e. The predicted molar refractivity (Wildman–Crippen MR) is 51.7 cm³/mol. The number of nitrogens with zero attached hydrogens (tertiary/aromatic N) is 1. The van der Waals surface area contributed by atoms with Crippen LogP contribution in [0.1, 0.15) is 39.5 Å².